The van der Waals surface area contributed by atoms with Crippen molar-refractivity contribution in [3.8, 4) is 0 Å². The number of aliphatic hydroxyl groups is 1. The molecule has 0 heterocycles. The van der Waals surface area contributed by atoms with Crippen molar-refractivity contribution >= 4 is 5.91 Å². The van der Waals surface area contributed by atoms with Gasteiger partial charge in [-0.3, -0.25) is 4.79 Å². The summed E-state index contributed by atoms with van der Waals surface area (Å²) in [5.41, 5.74) is 0. The fraction of sp³-hybridized carbons (Fsp3) is 0.909. The monoisotopic (exact) mass is 215 g/mol. The molecule has 1 amide bonds. The molecule has 3 atom stereocenters. The molecule has 1 aliphatic rings. The van der Waals surface area contributed by atoms with E-state index in [1.807, 2.05) is 0 Å². The van der Waals surface area contributed by atoms with Crippen LogP contribution in [0.2, 0.25) is 0 Å². The van der Waals surface area contributed by atoms with Gasteiger partial charge >= 0.3 is 0 Å². The largest absolute Gasteiger partial charge is 0.393 e. The van der Waals surface area contributed by atoms with Crippen LogP contribution in [0.3, 0.4) is 0 Å². The first-order valence-corrected chi connectivity index (χ1v) is 5.63. The smallest absolute Gasteiger partial charge is 0.248 e. The van der Waals surface area contributed by atoms with Gasteiger partial charge in [-0.15, -0.1) is 0 Å². The number of methoxy groups -OCH3 is 1. The van der Waals surface area contributed by atoms with E-state index < -0.39 is 6.10 Å². The molecule has 1 aliphatic carbocycles. The fourth-order valence-electron chi connectivity index (χ4n) is 1.91. The summed E-state index contributed by atoms with van der Waals surface area (Å²) in [7, 11) is 1.51. The summed E-state index contributed by atoms with van der Waals surface area (Å²) < 4.78 is 4.90. The van der Waals surface area contributed by atoms with E-state index in [9.17, 15) is 9.90 Å². The van der Waals surface area contributed by atoms with E-state index in [1.54, 1.807) is 6.92 Å². The van der Waals surface area contributed by atoms with Crippen LogP contribution in [0.1, 0.15) is 32.6 Å². The third-order valence-corrected chi connectivity index (χ3v) is 3.13. The Morgan fingerprint density at radius 2 is 2.20 bits per heavy atom. The molecule has 1 fully saturated rings. The van der Waals surface area contributed by atoms with Crippen LogP contribution in [-0.4, -0.2) is 36.9 Å². The highest BCUT2D eigenvalue weighted by Gasteiger charge is 2.23. The minimum Gasteiger partial charge on any atom is -0.393 e. The quantitative estimate of drug-likeness (QED) is 0.725. The van der Waals surface area contributed by atoms with Crippen LogP contribution in [0.15, 0.2) is 0 Å². The lowest BCUT2D eigenvalue weighted by Gasteiger charge is -2.27. The maximum atomic E-state index is 11.4. The number of aliphatic hydroxyl groups excluding tert-OH is 1. The third kappa shape index (κ3) is 3.80. The minimum atomic E-state index is -0.411. The molecule has 0 bridgehead atoms. The number of amides is 1. The molecule has 4 nitrogen and oxygen atoms in total. The molecule has 88 valence electrons. The SMILES string of the molecule is COC(C)C(=O)NCC1CCCCC1O. The Balaban J connectivity index is 2.26. The lowest BCUT2D eigenvalue weighted by Crippen LogP contribution is -2.40. The summed E-state index contributed by atoms with van der Waals surface area (Å²) in [6.07, 6.45) is 3.45. The van der Waals surface area contributed by atoms with Crippen molar-refractivity contribution in [3.05, 3.63) is 0 Å². The van der Waals surface area contributed by atoms with Gasteiger partial charge in [-0.2, -0.15) is 0 Å². The van der Waals surface area contributed by atoms with Crippen molar-refractivity contribution in [2.24, 2.45) is 5.92 Å². The average molecular weight is 215 g/mol. The molecular weight excluding hydrogens is 194 g/mol. The van der Waals surface area contributed by atoms with Crippen molar-refractivity contribution in [1.29, 1.82) is 0 Å². The summed E-state index contributed by atoms with van der Waals surface area (Å²) in [5, 5.41) is 12.5. The van der Waals surface area contributed by atoms with Gasteiger partial charge in [0.15, 0.2) is 0 Å². The van der Waals surface area contributed by atoms with Crippen LogP contribution < -0.4 is 5.32 Å². The maximum absolute atomic E-state index is 11.4. The van der Waals surface area contributed by atoms with Gasteiger partial charge in [-0.05, 0) is 19.8 Å². The standard InChI is InChI=1S/C11H21NO3/c1-8(15-2)11(14)12-7-9-5-3-4-6-10(9)13/h8-10,13H,3-7H2,1-2H3,(H,12,14). The predicted octanol–water partition coefficient (Wildman–Crippen LogP) is 0.689. The third-order valence-electron chi connectivity index (χ3n) is 3.13. The number of ether oxygens (including phenoxy) is 1. The highest BCUT2D eigenvalue weighted by Crippen LogP contribution is 2.23. The van der Waals surface area contributed by atoms with E-state index in [-0.39, 0.29) is 17.9 Å². The Morgan fingerprint density at radius 1 is 1.53 bits per heavy atom. The molecule has 0 radical (unpaired) electrons. The molecule has 0 aromatic heterocycles. The lowest BCUT2D eigenvalue weighted by molar-refractivity contribution is -0.130. The normalized spacial score (nSPS) is 28.5. The van der Waals surface area contributed by atoms with Gasteiger partial charge in [0.2, 0.25) is 5.91 Å². The van der Waals surface area contributed by atoms with Gasteiger partial charge in [0.25, 0.3) is 0 Å². The summed E-state index contributed by atoms with van der Waals surface area (Å²) in [6, 6.07) is 0. The van der Waals surface area contributed by atoms with E-state index in [0.29, 0.717) is 6.54 Å². The zero-order chi connectivity index (χ0) is 11.3. The molecule has 0 aromatic rings. The van der Waals surface area contributed by atoms with Crippen molar-refractivity contribution in [2.45, 2.75) is 44.8 Å². The first-order valence-electron chi connectivity index (χ1n) is 5.63. The first-order chi connectivity index (χ1) is 7.15. The topological polar surface area (TPSA) is 58.6 Å². The second-order valence-electron chi connectivity index (χ2n) is 4.23. The van der Waals surface area contributed by atoms with Crippen LogP contribution in [0.25, 0.3) is 0 Å². The fourth-order valence-corrected chi connectivity index (χ4v) is 1.91. The molecule has 3 unspecified atom stereocenters. The molecule has 4 heteroatoms. The van der Waals surface area contributed by atoms with Gasteiger partial charge in [0, 0.05) is 19.6 Å². The van der Waals surface area contributed by atoms with Crippen LogP contribution in [-0.2, 0) is 9.53 Å². The molecule has 1 rings (SSSR count). The summed E-state index contributed by atoms with van der Waals surface area (Å²) in [6.45, 7) is 2.28. The van der Waals surface area contributed by atoms with Crippen molar-refractivity contribution in [2.75, 3.05) is 13.7 Å². The number of carbonyl (C=O) groups is 1. The van der Waals surface area contributed by atoms with E-state index in [1.165, 1.54) is 7.11 Å². The lowest BCUT2D eigenvalue weighted by atomic mass is 9.86. The van der Waals surface area contributed by atoms with Crippen LogP contribution in [0.5, 0.6) is 0 Å². The molecule has 0 aliphatic heterocycles. The number of hydrogen-bond acceptors (Lipinski definition) is 3. The van der Waals surface area contributed by atoms with Gasteiger partial charge < -0.3 is 15.2 Å². The highest BCUT2D eigenvalue weighted by atomic mass is 16.5. The van der Waals surface area contributed by atoms with E-state index >= 15 is 0 Å². The minimum absolute atomic E-state index is 0.102. The van der Waals surface area contributed by atoms with Gasteiger partial charge in [-0.25, -0.2) is 0 Å². The molecule has 0 aromatic carbocycles. The second kappa shape index (κ2) is 6.08. The second-order valence-corrected chi connectivity index (χ2v) is 4.23. The average Bonchev–Trinajstić information content (AvgIpc) is 2.26. The van der Waals surface area contributed by atoms with Gasteiger partial charge in [-0.1, -0.05) is 12.8 Å². The number of rotatable bonds is 4. The number of nitrogens with one attached hydrogen (secondary N) is 1. The van der Waals surface area contributed by atoms with Crippen LogP contribution in [0.4, 0.5) is 0 Å². The Bertz CT molecular complexity index is 208. The first kappa shape index (κ1) is 12.5. The zero-order valence-electron chi connectivity index (χ0n) is 9.53. The maximum Gasteiger partial charge on any atom is 0.248 e. The van der Waals surface area contributed by atoms with Crippen molar-refractivity contribution < 1.29 is 14.6 Å². The molecular formula is C11H21NO3. The van der Waals surface area contributed by atoms with Crippen LogP contribution in [0, 0.1) is 5.92 Å². The van der Waals surface area contributed by atoms with Crippen molar-refractivity contribution in [1.82, 2.24) is 5.32 Å². The van der Waals surface area contributed by atoms with Gasteiger partial charge in [0.1, 0.15) is 6.10 Å². The Kier molecular flexibility index (Phi) is 5.05. The highest BCUT2D eigenvalue weighted by molar-refractivity contribution is 5.80. The van der Waals surface area contributed by atoms with Gasteiger partial charge in [0.05, 0.1) is 6.10 Å². The number of carbonyl (C=O) groups excluding carboxylic acids is 1. The van der Waals surface area contributed by atoms with E-state index in [4.69, 9.17) is 4.74 Å². The Hall–Kier alpha value is -0.610. The Morgan fingerprint density at radius 3 is 2.80 bits per heavy atom. The van der Waals surface area contributed by atoms with Crippen molar-refractivity contribution in [3.63, 3.8) is 0 Å². The zero-order valence-corrected chi connectivity index (χ0v) is 9.53. The van der Waals surface area contributed by atoms with E-state index in [2.05, 4.69) is 5.32 Å². The molecule has 15 heavy (non-hydrogen) atoms. The summed E-state index contributed by atoms with van der Waals surface area (Å²) >= 11 is 0. The molecule has 1 saturated carbocycles. The van der Waals surface area contributed by atoms with Crippen LogP contribution >= 0.6 is 0 Å². The molecule has 0 spiro atoms. The number of hydrogen-bond donors (Lipinski definition) is 2. The Labute approximate surface area is 91.0 Å². The predicted molar refractivity (Wildman–Crippen MR) is 57.4 cm³/mol. The van der Waals surface area contributed by atoms with E-state index in [0.717, 1.165) is 25.7 Å². The molecule has 0 saturated heterocycles. The molecule has 2 N–H and O–H groups in total. The summed E-state index contributed by atoms with van der Waals surface area (Å²) in [4.78, 5) is 11.4. The summed E-state index contributed by atoms with van der Waals surface area (Å²) in [5.74, 6) is 0.113.